The molecular formula is C21H34N4O2. The van der Waals surface area contributed by atoms with Gasteiger partial charge in [0.25, 0.3) is 11.8 Å². The molecule has 6 heteroatoms. The third-order valence-electron chi connectivity index (χ3n) is 5.73. The molecule has 3 rings (SSSR count). The summed E-state index contributed by atoms with van der Waals surface area (Å²) in [4.78, 5) is 30.1. The highest BCUT2D eigenvalue weighted by Crippen LogP contribution is 2.22. The molecule has 1 fully saturated rings. The first-order valence-corrected chi connectivity index (χ1v) is 10.7. The van der Waals surface area contributed by atoms with Crippen molar-refractivity contribution in [2.24, 2.45) is 5.92 Å². The van der Waals surface area contributed by atoms with Crippen molar-refractivity contribution in [3.8, 4) is 0 Å². The first kappa shape index (κ1) is 19.9. The second-order valence-corrected chi connectivity index (χ2v) is 8.44. The quantitative estimate of drug-likeness (QED) is 0.749. The van der Waals surface area contributed by atoms with Crippen LogP contribution in [0.4, 0.5) is 0 Å². The van der Waals surface area contributed by atoms with Gasteiger partial charge in [-0.2, -0.15) is 0 Å². The molecule has 0 radical (unpaired) electrons. The van der Waals surface area contributed by atoms with Crippen molar-refractivity contribution in [2.75, 3.05) is 6.54 Å². The lowest BCUT2D eigenvalue weighted by molar-refractivity contribution is 0.0927. The number of amides is 2. The summed E-state index contributed by atoms with van der Waals surface area (Å²) in [6, 6.07) is 0.240. The molecule has 6 nitrogen and oxygen atoms in total. The largest absolute Gasteiger partial charge is 0.349 e. The lowest BCUT2D eigenvalue weighted by atomic mass is 10.1. The minimum Gasteiger partial charge on any atom is -0.349 e. The minimum atomic E-state index is -0.160. The summed E-state index contributed by atoms with van der Waals surface area (Å²) in [5.74, 6) is 0.681. The Hall–Kier alpha value is -1.85. The summed E-state index contributed by atoms with van der Waals surface area (Å²) in [6.07, 6.45) is 10.8. The summed E-state index contributed by atoms with van der Waals surface area (Å²) in [5, 5.41) is 6.16. The molecule has 1 aromatic rings. The molecular weight excluding hydrogens is 340 g/mol. The molecule has 150 valence electrons. The molecule has 0 unspecified atom stereocenters. The number of nitrogens with zero attached hydrogens (tertiary/aromatic N) is 2. The van der Waals surface area contributed by atoms with E-state index in [1.165, 1.54) is 25.7 Å². The standard InChI is InChI=1S/C21H34N4O2/c1-15(2)12-13-22-21(27)19-24-18(17-11-7-8-14-25(17)19)20(26)23-16-9-5-3-4-6-10-16/h15-16H,3-14H2,1-2H3,(H,22,27)(H,23,26). The van der Waals surface area contributed by atoms with Crippen molar-refractivity contribution in [1.82, 2.24) is 20.2 Å². The average Bonchev–Trinajstić information content (AvgIpc) is 2.85. The molecule has 0 atom stereocenters. The van der Waals surface area contributed by atoms with Crippen molar-refractivity contribution >= 4 is 11.8 Å². The fraction of sp³-hybridized carbons (Fsp3) is 0.762. The van der Waals surface area contributed by atoms with E-state index in [-0.39, 0.29) is 17.9 Å². The molecule has 2 heterocycles. The zero-order valence-corrected chi connectivity index (χ0v) is 16.9. The van der Waals surface area contributed by atoms with E-state index in [9.17, 15) is 9.59 Å². The van der Waals surface area contributed by atoms with Crippen LogP contribution < -0.4 is 10.6 Å². The molecule has 0 spiro atoms. The number of aromatic nitrogens is 2. The maximum atomic E-state index is 12.9. The number of hydrogen-bond acceptors (Lipinski definition) is 3. The predicted octanol–water partition coefficient (Wildman–Crippen LogP) is 3.45. The van der Waals surface area contributed by atoms with Gasteiger partial charge in [-0.15, -0.1) is 0 Å². The lowest BCUT2D eigenvalue weighted by Crippen LogP contribution is -2.35. The Morgan fingerprint density at radius 1 is 1.07 bits per heavy atom. The Kier molecular flexibility index (Phi) is 6.91. The molecule has 2 amide bonds. The van der Waals surface area contributed by atoms with Gasteiger partial charge in [0.05, 0.1) is 5.69 Å². The summed E-state index contributed by atoms with van der Waals surface area (Å²) < 4.78 is 1.97. The number of imidazole rings is 1. The zero-order valence-electron chi connectivity index (χ0n) is 16.9. The van der Waals surface area contributed by atoms with Gasteiger partial charge in [0, 0.05) is 19.1 Å². The van der Waals surface area contributed by atoms with E-state index in [0.29, 0.717) is 24.0 Å². The van der Waals surface area contributed by atoms with Crippen LogP contribution >= 0.6 is 0 Å². The molecule has 1 aliphatic heterocycles. The van der Waals surface area contributed by atoms with Crippen molar-refractivity contribution < 1.29 is 9.59 Å². The first-order chi connectivity index (χ1) is 13.1. The van der Waals surface area contributed by atoms with E-state index in [1.54, 1.807) is 0 Å². The summed E-state index contributed by atoms with van der Waals surface area (Å²) in [6.45, 7) is 5.69. The van der Waals surface area contributed by atoms with Gasteiger partial charge in [0.1, 0.15) is 5.69 Å². The van der Waals surface area contributed by atoms with Crippen LogP contribution in [0.2, 0.25) is 0 Å². The molecule has 0 bridgehead atoms. The molecule has 2 aliphatic rings. The van der Waals surface area contributed by atoms with Gasteiger partial charge in [-0.1, -0.05) is 39.5 Å². The third-order valence-corrected chi connectivity index (χ3v) is 5.73. The Bertz CT molecular complexity index is 657. The highest BCUT2D eigenvalue weighted by Gasteiger charge is 2.28. The van der Waals surface area contributed by atoms with Crippen LogP contribution in [0.15, 0.2) is 0 Å². The Labute approximate surface area is 162 Å². The van der Waals surface area contributed by atoms with Crippen molar-refractivity contribution in [3.05, 3.63) is 17.2 Å². The third kappa shape index (κ3) is 5.11. The van der Waals surface area contributed by atoms with Crippen LogP contribution in [0.5, 0.6) is 0 Å². The number of hydrogen-bond donors (Lipinski definition) is 2. The normalized spacial score (nSPS) is 18.0. The predicted molar refractivity (Wildman–Crippen MR) is 106 cm³/mol. The van der Waals surface area contributed by atoms with Gasteiger partial charge in [-0.3, -0.25) is 9.59 Å². The Morgan fingerprint density at radius 2 is 1.81 bits per heavy atom. The van der Waals surface area contributed by atoms with E-state index >= 15 is 0 Å². The second kappa shape index (κ2) is 9.38. The molecule has 1 saturated carbocycles. The van der Waals surface area contributed by atoms with Crippen LogP contribution in [0, 0.1) is 5.92 Å². The Morgan fingerprint density at radius 3 is 2.52 bits per heavy atom. The highest BCUT2D eigenvalue weighted by molar-refractivity contribution is 5.97. The average molecular weight is 375 g/mol. The van der Waals surface area contributed by atoms with Crippen LogP contribution in [-0.2, 0) is 13.0 Å². The highest BCUT2D eigenvalue weighted by atomic mass is 16.2. The first-order valence-electron chi connectivity index (χ1n) is 10.7. The number of fused-ring (bicyclic) bond motifs is 1. The fourth-order valence-electron chi connectivity index (χ4n) is 4.13. The molecule has 0 aromatic carbocycles. The van der Waals surface area contributed by atoms with Crippen molar-refractivity contribution in [1.29, 1.82) is 0 Å². The number of rotatable bonds is 6. The number of carbonyl (C=O) groups is 2. The monoisotopic (exact) mass is 374 g/mol. The van der Waals surface area contributed by atoms with E-state index in [0.717, 1.165) is 50.8 Å². The number of carbonyl (C=O) groups excluding carboxylic acids is 2. The zero-order chi connectivity index (χ0) is 19.2. The van der Waals surface area contributed by atoms with Crippen molar-refractivity contribution in [3.63, 3.8) is 0 Å². The maximum absolute atomic E-state index is 12.9. The van der Waals surface area contributed by atoms with Crippen LogP contribution in [-0.4, -0.2) is 34.0 Å². The van der Waals surface area contributed by atoms with Gasteiger partial charge >= 0.3 is 0 Å². The lowest BCUT2D eigenvalue weighted by Gasteiger charge is -2.18. The van der Waals surface area contributed by atoms with Gasteiger partial charge in [0.15, 0.2) is 5.82 Å². The van der Waals surface area contributed by atoms with Gasteiger partial charge in [-0.05, 0) is 44.4 Å². The molecule has 0 saturated heterocycles. The van der Waals surface area contributed by atoms with Gasteiger partial charge < -0.3 is 15.2 Å². The van der Waals surface area contributed by atoms with Gasteiger partial charge in [-0.25, -0.2) is 4.98 Å². The topological polar surface area (TPSA) is 76.0 Å². The van der Waals surface area contributed by atoms with E-state index < -0.39 is 0 Å². The molecule has 1 aliphatic carbocycles. The minimum absolute atomic E-state index is 0.103. The Balaban J connectivity index is 1.73. The second-order valence-electron chi connectivity index (χ2n) is 8.44. The summed E-state index contributed by atoms with van der Waals surface area (Å²) in [5.41, 5.74) is 1.40. The molecule has 1 aromatic heterocycles. The van der Waals surface area contributed by atoms with E-state index in [2.05, 4.69) is 29.5 Å². The van der Waals surface area contributed by atoms with Crippen LogP contribution in [0.3, 0.4) is 0 Å². The van der Waals surface area contributed by atoms with Gasteiger partial charge in [0.2, 0.25) is 0 Å². The number of nitrogens with one attached hydrogen (secondary N) is 2. The summed E-state index contributed by atoms with van der Waals surface area (Å²) in [7, 11) is 0. The molecule has 2 N–H and O–H groups in total. The maximum Gasteiger partial charge on any atom is 0.287 e. The van der Waals surface area contributed by atoms with E-state index in [4.69, 9.17) is 0 Å². The van der Waals surface area contributed by atoms with Crippen LogP contribution in [0.25, 0.3) is 0 Å². The fourth-order valence-corrected chi connectivity index (χ4v) is 4.13. The smallest absolute Gasteiger partial charge is 0.287 e. The molecule has 27 heavy (non-hydrogen) atoms. The van der Waals surface area contributed by atoms with Crippen LogP contribution in [0.1, 0.15) is 98.4 Å². The van der Waals surface area contributed by atoms with E-state index in [1.807, 2.05) is 4.57 Å². The SMILES string of the molecule is CC(C)CCNC(=O)c1nc(C(=O)NC2CCCCCC2)c2n1CCCC2. The summed E-state index contributed by atoms with van der Waals surface area (Å²) >= 11 is 0. The van der Waals surface area contributed by atoms with Crippen molar-refractivity contribution in [2.45, 2.75) is 90.6 Å².